The number of hydrogen-bond donors (Lipinski definition) is 2. The minimum atomic E-state index is -0.708. The first-order valence-electron chi connectivity index (χ1n) is 14.3. The third-order valence-electron chi connectivity index (χ3n) is 8.05. The summed E-state index contributed by atoms with van der Waals surface area (Å²) >= 11 is 0. The quantitative estimate of drug-likeness (QED) is 0.150. The van der Waals surface area contributed by atoms with Crippen LogP contribution in [0.4, 0.5) is 0 Å². The van der Waals surface area contributed by atoms with Gasteiger partial charge in [-0.1, -0.05) is 61.9 Å². The molecule has 1 saturated carbocycles. The van der Waals surface area contributed by atoms with Gasteiger partial charge in [-0.05, 0) is 65.3 Å². The molecule has 1 heterocycles. The molecule has 3 rings (SSSR count). The predicted molar refractivity (Wildman–Crippen MR) is 170 cm³/mol. The number of allylic oxidation sites excluding steroid dienone is 2. The van der Waals surface area contributed by atoms with E-state index in [9.17, 15) is 4.79 Å². The lowest BCUT2D eigenvalue weighted by molar-refractivity contribution is -0.175. The number of carbonyl (C=O) groups excluding carboxylic acids is 1. The van der Waals surface area contributed by atoms with Crippen molar-refractivity contribution in [1.29, 1.82) is 0 Å². The molecule has 8 atom stereocenters. The maximum Gasteiger partial charge on any atom is 0.227 e. The molecule has 7 unspecified atom stereocenters. The second-order valence-electron chi connectivity index (χ2n) is 11.1. The van der Waals surface area contributed by atoms with Crippen LogP contribution in [0.3, 0.4) is 0 Å². The van der Waals surface area contributed by atoms with Crippen LogP contribution in [0, 0.1) is 5.92 Å². The number of nitrogens with one attached hydrogen (secondary N) is 2. The standard InChI is InChI=1S/C29H47BN2O5S3/c1-9-24(33)32-25-17(3)16-29(6,30)21(13-14-39-40-38-8)27(25)37-28-26(18(4)19(5)35-28)36-20-11-12-22(31-10-2)23(15-20)34-7/h13,18-20,22-23,26,28,31H,3,9-12,14-16H2,1-2,4-8H3,(H,32,33)/b21-13+/t18?,19?,20?,22?,23?,26?,28?,29-/m0/s1. The van der Waals surface area contributed by atoms with Gasteiger partial charge in [-0.2, -0.15) is 0 Å². The van der Waals surface area contributed by atoms with Gasteiger partial charge in [-0.25, -0.2) is 0 Å². The molecule has 2 aliphatic carbocycles. The number of methoxy groups -OCH3 is 1. The maximum absolute atomic E-state index is 12.6. The van der Waals surface area contributed by atoms with Gasteiger partial charge in [0, 0.05) is 37.7 Å². The van der Waals surface area contributed by atoms with Crippen molar-refractivity contribution < 1.29 is 23.7 Å². The molecule has 11 heteroatoms. The van der Waals surface area contributed by atoms with Crippen LogP contribution in [-0.4, -0.2) is 76.2 Å². The average Bonchev–Trinajstić information content (AvgIpc) is 3.17. The lowest BCUT2D eigenvalue weighted by Crippen LogP contribution is -2.48. The van der Waals surface area contributed by atoms with Gasteiger partial charge >= 0.3 is 0 Å². The molecule has 0 aromatic carbocycles. The molecule has 224 valence electrons. The highest BCUT2D eigenvalue weighted by atomic mass is 33.5. The average molecular weight is 611 g/mol. The lowest BCUT2D eigenvalue weighted by Gasteiger charge is -2.40. The fourth-order valence-electron chi connectivity index (χ4n) is 5.72. The fraction of sp³-hybridized carbons (Fsp3) is 0.759. The number of ether oxygens (including phenoxy) is 4. The van der Waals surface area contributed by atoms with Crippen molar-refractivity contribution in [2.75, 3.05) is 25.7 Å². The number of carbonyl (C=O) groups is 1. The van der Waals surface area contributed by atoms with Crippen LogP contribution in [0.5, 0.6) is 0 Å². The molecular formula is C29H47BN2O5S3. The summed E-state index contributed by atoms with van der Waals surface area (Å²) in [5.74, 6) is 1.29. The molecule has 40 heavy (non-hydrogen) atoms. The lowest BCUT2D eigenvalue weighted by atomic mass is 9.58. The molecular weight excluding hydrogens is 563 g/mol. The van der Waals surface area contributed by atoms with E-state index in [1.54, 1.807) is 38.5 Å². The first-order valence-corrected chi connectivity index (χ1v) is 18.4. The largest absolute Gasteiger partial charge is 0.460 e. The highest BCUT2D eigenvalue weighted by Gasteiger charge is 2.46. The van der Waals surface area contributed by atoms with E-state index in [4.69, 9.17) is 26.8 Å². The molecule has 3 aliphatic rings. The van der Waals surface area contributed by atoms with Crippen molar-refractivity contribution in [3.63, 3.8) is 0 Å². The number of likely N-dealkylation sites (N-methyl/N-ethyl adjacent to an activating group) is 1. The van der Waals surface area contributed by atoms with Crippen LogP contribution < -0.4 is 10.6 Å². The third kappa shape index (κ3) is 8.51. The second kappa shape index (κ2) is 15.8. The minimum absolute atomic E-state index is 0.0385. The van der Waals surface area contributed by atoms with Gasteiger partial charge in [0.15, 0.2) is 0 Å². The Morgan fingerprint density at radius 3 is 2.70 bits per heavy atom. The van der Waals surface area contributed by atoms with Gasteiger partial charge in [0.2, 0.25) is 12.2 Å². The van der Waals surface area contributed by atoms with E-state index in [0.717, 1.165) is 42.7 Å². The van der Waals surface area contributed by atoms with Gasteiger partial charge in [0.1, 0.15) is 11.9 Å². The SMILES string of the molecule is [B][C@@]1(C)CC(=C)C(NC(=O)CC)=C(OC2OC(C)C(C)C2OC2CCC(NCC)C(OC)C2)/C1=C\CSSSC. The van der Waals surface area contributed by atoms with Gasteiger partial charge in [-0.3, -0.25) is 4.79 Å². The topological polar surface area (TPSA) is 78.1 Å². The summed E-state index contributed by atoms with van der Waals surface area (Å²) in [6.07, 6.45) is 6.89. The van der Waals surface area contributed by atoms with Crippen molar-refractivity contribution in [1.82, 2.24) is 10.6 Å². The van der Waals surface area contributed by atoms with Crippen molar-refractivity contribution >= 4 is 45.2 Å². The summed E-state index contributed by atoms with van der Waals surface area (Å²) in [7, 11) is 13.8. The molecule has 2 fully saturated rings. The van der Waals surface area contributed by atoms with E-state index >= 15 is 0 Å². The molecule has 0 spiro atoms. The zero-order chi connectivity index (χ0) is 29.4. The summed E-state index contributed by atoms with van der Waals surface area (Å²) in [5.41, 5.74) is 2.18. The molecule has 2 N–H and O–H groups in total. The Balaban J connectivity index is 1.91. The minimum Gasteiger partial charge on any atom is -0.460 e. The van der Waals surface area contributed by atoms with E-state index in [2.05, 4.69) is 50.3 Å². The first kappa shape index (κ1) is 33.9. The summed E-state index contributed by atoms with van der Waals surface area (Å²) in [6, 6.07) is 0.332. The van der Waals surface area contributed by atoms with Crippen LogP contribution in [0.2, 0.25) is 5.31 Å². The van der Waals surface area contributed by atoms with Crippen LogP contribution in [0.15, 0.2) is 35.3 Å². The summed E-state index contributed by atoms with van der Waals surface area (Å²) in [5, 5.41) is 5.88. The highest BCUT2D eigenvalue weighted by molar-refractivity contribution is 9.09. The van der Waals surface area contributed by atoms with Crippen LogP contribution in [-0.2, 0) is 23.7 Å². The first-order chi connectivity index (χ1) is 19.1. The van der Waals surface area contributed by atoms with E-state index < -0.39 is 11.6 Å². The number of amides is 1. The van der Waals surface area contributed by atoms with Gasteiger partial charge < -0.3 is 29.6 Å². The monoisotopic (exact) mass is 610 g/mol. The molecule has 1 saturated heterocycles. The summed E-state index contributed by atoms with van der Waals surface area (Å²) in [4.78, 5) is 12.6. The summed E-state index contributed by atoms with van der Waals surface area (Å²) < 4.78 is 25.7. The molecule has 0 aromatic rings. The van der Waals surface area contributed by atoms with E-state index in [-0.39, 0.29) is 36.2 Å². The maximum atomic E-state index is 12.6. The van der Waals surface area contributed by atoms with Gasteiger partial charge in [0.05, 0.1) is 31.9 Å². The van der Waals surface area contributed by atoms with Crippen LogP contribution in [0.25, 0.3) is 0 Å². The molecule has 7 nitrogen and oxygen atoms in total. The highest BCUT2D eigenvalue weighted by Crippen LogP contribution is 2.50. The van der Waals surface area contributed by atoms with E-state index in [0.29, 0.717) is 30.3 Å². The Labute approximate surface area is 254 Å². The number of hydrogen-bond acceptors (Lipinski definition) is 9. The second-order valence-corrected chi connectivity index (χ2v) is 15.5. The molecule has 1 amide bonds. The summed E-state index contributed by atoms with van der Waals surface area (Å²) in [6.45, 7) is 15.3. The predicted octanol–water partition coefficient (Wildman–Crippen LogP) is 5.95. The van der Waals surface area contributed by atoms with E-state index in [1.165, 1.54) is 0 Å². The van der Waals surface area contributed by atoms with Crippen molar-refractivity contribution in [2.45, 2.75) is 109 Å². The van der Waals surface area contributed by atoms with Crippen molar-refractivity contribution in [3.8, 4) is 0 Å². The van der Waals surface area contributed by atoms with Crippen LogP contribution >= 0.6 is 31.4 Å². The Morgan fingerprint density at radius 1 is 1.30 bits per heavy atom. The molecule has 0 aromatic heterocycles. The van der Waals surface area contributed by atoms with E-state index in [1.807, 2.05) is 13.8 Å². The third-order valence-corrected chi connectivity index (χ3v) is 11.8. The van der Waals surface area contributed by atoms with Crippen LogP contribution in [0.1, 0.15) is 66.7 Å². The molecule has 2 radical (unpaired) electrons. The zero-order valence-electron chi connectivity index (χ0n) is 25.1. The smallest absolute Gasteiger partial charge is 0.227 e. The fourth-order valence-corrected chi connectivity index (χ4v) is 8.13. The Morgan fingerprint density at radius 2 is 2.05 bits per heavy atom. The zero-order valence-corrected chi connectivity index (χ0v) is 27.6. The Kier molecular flexibility index (Phi) is 13.4. The Hall–Kier alpha value is -0.555. The van der Waals surface area contributed by atoms with Crippen molar-refractivity contribution in [3.05, 3.63) is 35.3 Å². The normalized spacial score (nSPS) is 35.8. The Bertz CT molecular complexity index is 947. The van der Waals surface area contributed by atoms with Crippen molar-refractivity contribution in [2.24, 2.45) is 5.92 Å². The molecule has 0 bridgehead atoms. The number of rotatable bonds is 13. The van der Waals surface area contributed by atoms with Gasteiger partial charge in [-0.15, -0.1) is 0 Å². The van der Waals surface area contributed by atoms with Gasteiger partial charge in [0.25, 0.3) is 0 Å². The molecule has 1 aliphatic heterocycles.